The molecule has 2 unspecified atom stereocenters. The van der Waals surface area contributed by atoms with Gasteiger partial charge in [0.1, 0.15) is 0 Å². The summed E-state index contributed by atoms with van der Waals surface area (Å²) in [6, 6.07) is 9.35. The lowest BCUT2D eigenvalue weighted by molar-refractivity contribution is -0.143. The number of piperazine rings is 1. The maximum atomic E-state index is 11.8. The molecule has 0 saturated carbocycles. The zero-order valence-electron chi connectivity index (χ0n) is 12.6. The highest BCUT2D eigenvalue weighted by molar-refractivity contribution is 6.30. The van der Waals surface area contributed by atoms with Gasteiger partial charge in [-0.05, 0) is 43.5 Å². The summed E-state index contributed by atoms with van der Waals surface area (Å²) in [5, 5.41) is 0.803. The first-order chi connectivity index (χ1) is 10.2. The van der Waals surface area contributed by atoms with Crippen molar-refractivity contribution in [3.8, 4) is 0 Å². The van der Waals surface area contributed by atoms with Crippen LogP contribution in [0, 0.1) is 0 Å². The molecule has 0 aromatic heterocycles. The third-order valence-electron chi connectivity index (χ3n) is 4.79. The third kappa shape index (κ3) is 3.24. The molecular formula is C17H23ClN2O. The summed E-state index contributed by atoms with van der Waals surface area (Å²) in [5.74, 6) is 0.311. The number of aryl methyl sites for hydroxylation is 1. The molecule has 3 saturated heterocycles. The predicted molar refractivity (Wildman–Crippen MR) is 85.5 cm³/mol. The van der Waals surface area contributed by atoms with E-state index in [2.05, 4.69) is 21.9 Å². The highest BCUT2D eigenvalue weighted by atomic mass is 35.5. The number of rotatable bonds is 5. The summed E-state index contributed by atoms with van der Waals surface area (Å²) in [6.07, 6.45) is 4.19. The zero-order valence-corrected chi connectivity index (χ0v) is 13.4. The number of piperidine rings is 1. The van der Waals surface area contributed by atoms with Gasteiger partial charge in [-0.2, -0.15) is 0 Å². The van der Waals surface area contributed by atoms with Gasteiger partial charge < -0.3 is 4.90 Å². The highest BCUT2D eigenvalue weighted by Gasteiger charge is 2.44. The average molecular weight is 307 g/mol. The molecule has 3 nitrogen and oxygen atoms in total. The van der Waals surface area contributed by atoms with Crippen molar-refractivity contribution in [1.82, 2.24) is 9.80 Å². The number of carbonyl (C=O) groups is 1. The smallest absolute Gasteiger partial charge is 0.222 e. The number of halogens is 1. The molecule has 0 spiro atoms. The van der Waals surface area contributed by atoms with E-state index in [0.717, 1.165) is 31.1 Å². The summed E-state index contributed by atoms with van der Waals surface area (Å²) in [6.45, 7) is 4.97. The Bertz CT molecular complexity index is 490. The lowest BCUT2D eigenvalue weighted by Gasteiger charge is -2.56. The molecule has 4 rings (SSSR count). The molecule has 3 aliphatic heterocycles. The molecule has 3 heterocycles. The molecule has 3 aliphatic rings. The molecule has 21 heavy (non-hydrogen) atoms. The minimum Gasteiger partial charge on any atom is -0.340 e. The second kappa shape index (κ2) is 6.37. The molecule has 0 radical (unpaired) electrons. The summed E-state index contributed by atoms with van der Waals surface area (Å²) in [5.41, 5.74) is 1.35. The van der Waals surface area contributed by atoms with Crippen molar-refractivity contribution in [2.45, 2.75) is 44.7 Å². The number of hydrogen-bond acceptors (Lipinski definition) is 2. The Hall–Kier alpha value is -1.06. The molecule has 1 amide bonds. The van der Waals surface area contributed by atoms with Crippen LogP contribution >= 0.6 is 11.6 Å². The van der Waals surface area contributed by atoms with Crippen molar-refractivity contribution in [3.63, 3.8) is 0 Å². The van der Waals surface area contributed by atoms with Gasteiger partial charge >= 0.3 is 0 Å². The van der Waals surface area contributed by atoms with Crippen LogP contribution in [0.1, 0.15) is 31.7 Å². The van der Waals surface area contributed by atoms with Gasteiger partial charge in [0.05, 0.1) is 0 Å². The number of benzene rings is 1. The Balaban J connectivity index is 1.44. The van der Waals surface area contributed by atoms with Gasteiger partial charge in [-0.15, -0.1) is 0 Å². The molecule has 114 valence electrons. The third-order valence-corrected chi connectivity index (χ3v) is 5.05. The number of nitrogens with zero attached hydrogens (tertiary/aromatic N) is 2. The number of carbonyl (C=O) groups excluding carboxylic acids is 1. The van der Waals surface area contributed by atoms with Crippen molar-refractivity contribution in [1.29, 1.82) is 0 Å². The largest absolute Gasteiger partial charge is 0.340 e. The average Bonchev–Trinajstić information content (AvgIpc) is 2.52. The first kappa shape index (κ1) is 14.9. The minimum atomic E-state index is 0.311. The molecule has 0 aliphatic carbocycles. The van der Waals surface area contributed by atoms with Crippen LogP contribution in [0.4, 0.5) is 0 Å². The topological polar surface area (TPSA) is 23.6 Å². The van der Waals surface area contributed by atoms with Gasteiger partial charge in [0.15, 0.2) is 0 Å². The van der Waals surface area contributed by atoms with E-state index in [1.807, 2.05) is 19.1 Å². The fourth-order valence-corrected chi connectivity index (χ4v) is 3.72. The van der Waals surface area contributed by atoms with Crippen LogP contribution in [0.2, 0.25) is 5.02 Å². The van der Waals surface area contributed by atoms with Crippen LogP contribution in [0.5, 0.6) is 0 Å². The number of fused-ring (bicyclic) bond motifs is 2. The van der Waals surface area contributed by atoms with Gasteiger partial charge in [0, 0.05) is 36.6 Å². The van der Waals surface area contributed by atoms with Crippen LogP contribution in [0.25, 0.3) is 0 Å². The maximum Gasteiger partial charge on any atom is 0.222 e. The second-order valence-electron chi connectivity index (χ2n) is 6.16. The van der Waals surface area contributed by atoms with Crippen LogP contribution in [-0.2, 0) is 11.2 Å². The van der Waals surface area contributed by atoms with Crippen molar-refractivity contribution >= 4 is 17.5 Å². The zero-order chi connectivity index (χ0) is 14.8. The van der Waals surface area contributed by atoms with E-state index in [-0.39, 0.29) is 0 Å². The number of amides is 1. The Morgan fingerprint density at radius 3 is 2.52 bits per heavy atom. The fourth-order valence-electron chi connectivity index (χ4n) is 3.60. The van der Waals surface area contributed by atoms with Crippen LogP contribution in [0.15, 0.2) is 24.3 Å². The van der Waals surface area contributed by atoms with E-state index >= 15 is 0 Å². The Morgan fingerprint density at radius 2 is 1.90 bits per heavy atom. The van der Waals surface area contributed by atoms with Crippen LogP contribution in [0.3, 0.4) is 0 Å². The molecule has 3 fully saturated rings. The van der Waals surface area contributed by atoms with Crippen molar-refractivity contribution in [2.24, 2.45) is 0 Å². The normalized spacial score (nSPS) is 24.8. The standard InChI is InChI=1S/C17H23ClN2O/c1-2-17(21)19-11-15-10-16(12-19)20(15)9-3-4-13-5-7-14(18)8-6-13/h5-8,15-16H,2-4,9-12H2,1H3. The van der Waals surface area contributed by atoms with Gasteiger partial charge in [-0.25, -0.2) is 0 Å². The van der Waals surface area contributed by atoms with Crippen LogP contribution < -0.4 is 0 Å². The Morgan fingerprint density at radius 1 is 1.24 bits per heavy atom. The summed E-state index contributed by atoms with van der Waals surface area (Å²) in [7, 11) is 0. The molecule has 2 bridgehead atoms. The van der Waals surface area contributed by atoms with Gasteiger partial charge in [0.2, 0.25) is 5.91 Å². The van der Waals surface area contributed by atoms with Crippen LogP contribution in [-0.4, -0.2) is 47.4 Å². The number of hydrogen-bond donors (Lipinski definition) is 0. The molecule has 4 heteroatoms. The monoisotopic (exact) mass is 306 g/mol. The Kier molecular flexibility index (Phi) is 4.51. The fraction of sp³-hybridized carbons (Fsp3) is 0.588. The summed E-state index contributed by atoms with van der Waals surface area (Å²) >= 11 is 5.90. The predicted octanol–water partition coefficient (Wildman–Crippen LogP) is 2.97. The summed E-state index contributed by atoms with van der Waals surface area (Å²) in [4.78, 5) is 16.4. The molecule has 0 N–H and O–H groups in total. The maximum absolute atomic E-state index is 11.8. The SMILES string of the molecule is CCC(=O)N1CC2CC(C1)N2CCCc1ccc(Cl)cc1. The lowest BCUT2D eigenvalue weighted by atomic mass is 9.87. The van der Waals surface area contributed by atoms with E-state index in [4.69, 9.17) is 11.6 Å². The minimum absolute atomic E-state index is 0.311. The van der Waals surface area contributed by atoms with Crippen molar-refractivity contribution in [2.75, 3.05) is 19.6 Å². The molecule has 1 aromatic rings. The van der Waals surface area contributed by atoms with E-state index in [9.17, 15) is 4.79 Å². The molecule has 2 atom stereocenters. The van der Waals surface area contributed by atoms with E-state index in [0.29, 0.717) is 24.4 Å². The molecular weight excluding hydrogens is 284 g/mol. The van der Waals surface area contributed by atoms with E-state index in [1.165, 1.54) is 18.4 Å². The van der Waals surface area contributed by atoms with E-state index < -0.39 is 0 Å². The quantitative estimate of drug-likeness (QED) is 0.835. The first-order valence-electron chi connectivity index (χ1n) is 7.95. The lowest BCUT2D eigenvalue weighted by Crippen LogP contribution is -2.69. The van der Waals surface area contributed by atoms with Gasteiger partial charge in [-0.1, -0.05) is 30.7 Å². The van der Waals surface area contributed by atoms with Crippen molar-refractivity contribution in [3.05, 3.63) is 34.9 Å². The molecule has 1 aromatic carbocycles. The first-order valence-corrected chi connectivity index (χ1v) is 8.33. The highest BCUT2D eigenvalue weighted by Crippen LogP contribution is 2.32. The summed E-state index contributed by atoms with van der Waals surface area (Å²) < 4.78 is 0. The second-order valence-corrected chi connectivity index (χ2v) is 6.60. The van der Waals surface area contributed by atoms with Gasteiger partial charge in [-0.3, -0.25) is 9.69 Å². The van der Waals surface area contributed by atoms with Crippen molar-refractivity contribution < 1.29 is 4.79 Å². The van der Waals surface area contributed by atoms with E-state index in [1.54, 1.807) is 0 Å². The Labute approximate surface area is 131 Å². The van der Waals surface area contributed by atoms with Gasteiger partial charge in [0.25, 0.3) is 0 Å².